The topological polar surface area (TPSA) is 67.4 Å². The first kappa shape index (κ1) is 16.8. The van der Waals surface area contributed by atoms with E-state index in [1.54, 1.807) is 7.11 Å². The molecule has 2 aliphatic rings. The van der Waals surface area contributed by atoms with Gasteiger partial charge in [-0.2, -0.15) is 0 Å². The lowest BCUT2D eigenvalue weighted by atomic mass is 9.84. The van der Waals surface area contributed by atoms with Crippen molar-refractivity contribution in [3.8, 4) is 5.75 Å². The lowest BCUT2D eigenvalue weighted by molar-refractivity contribution is -0.130. The summed E-state index contributed by atoms with van der Waals surface area (Å²) in [7, 11) is 1.62. The number of amides is 2. The molecule has 3 rings (SSSR count). The Bertz CT molecular complexity index is 594. The van der Waals surface area contributed by atoms with Crippen molar-refractivity contribution in [1.29, 1.82) is 0 Å². The van der Waals surface area contributed by atoms with Gasteiger partial charge in [0.05, 0.1) is 13.2 Å². The van der Waals surface area contributed by atoms with Crippen LogP contribution in [0.3, 0.4) is 0 Å². The number of carbonyl (C=O) groups excluding carboxylic acids is 2. The van der Waals surface area contributed by atoms with Gasteiger partial charge in [-0.25, -0.2) is 0 Å². The summed E-state index contributed by atoms with van der Waals surface area (Å²) in [5.74, 6) is 1.17. The van der Waals surface area contributed by atoms with E-state index in [1.165, 1.54) is 0 Å². The van der Waals surface area contributed by atoms with Crippen LogP contribution in [-0.4, -0.2) is 25.5 Å². The Morgan fingerprint density at radius 3 is 2.29 bits per heavy atom. The molecule has 0 bridgehead atoms. The Balaban J connectivity index is 1.69. The molecule has 5 nitrogen and oxygen atoms in total. The molecular formula is C19H26N2O3. The quantitative estimate of drug-likeness (QED) is 0.807. The fourth-order valence-corrected chi connectivity index (χ4v) is 3.17. The van der Waals surface area contributed by atoms with E-state index in [-0.39, 0.29) is 29.7 Å². The lowest BCUT2D eigenvalue weighted by Crippen LogP contribution is -2.43. The average molecular weight is 330 g/mol. The molecule has 2 fully saturated rings. The van der Waals surface area contributed by atoms with Gasteiger partial charge < -0.3 is 15.4 Å². The number of benzene rings is 1. The number of ether oxygens (including phenoxy) is 1. The first-order valence-corrected chi connectivity index (χ1v) is 8.90. The maximum absolute atomic E-state index is 12.4. The first-order valence-electron chi connectivity index (χ1n) is 8.90. The van der Waals surface area contributed by atoms with Crippen molar-refractivity contribution in [2.24, 2.45) is 11.8 Å². The number of para-hydroxylation sites is 1. The summed E-state index contributed by atoms with van der Waals surface area (Å²) in [6.07, 6.45) is 6.11. The van der Waals surface area contributed by atoms with Gasteiger partial charge in [-0.15, -0.1) is 0 Å². The summed E-state index contributed by atoms with van der Waals surface area (Å²) in [6.45, 7) is 0.397. The molecule has 0 aliphatic heterocycles. The Morgan fingerprint density at radius 1 is 1.08 bits per heavy atom. The van der Waals surface area contributed by atoms with Crippen molar-refractivity contribution in [3.63, 3.8) is 0 Å². The number of rotatable bonds is 7. The molecule has 0 saturated heterocycles. The van der Waals surface area contributed by atoms with Crippen LogP contribution < -0.4 is 15.4 Å². The van der Waals surface area contributed by atoms with Gasteiger partial charge in [-0.3, -0.25) is 9.59 Å². The second kappa shape index (κ2) is 7.69. The number of hydrogen-bond donors (Lipinski definition) is 2. The van der Waals surface area contributed by atoms with Gasteiger partial charge in [-0.1, -0.05) is 31.0 Å². The van der Waals surface area contributed by atoms with Crippen LogP contribution in [0.4, 0.5) is 0 Å². The van der Waals surface area contributed by atoms with E-state index in [1.807, 2.05) is 24.3 Å². The molecule has 0 heterocycles. The standard InChI is InChI=1S/C19H26N2O3/c1-24-17-11-3-2-10-15(17)16(21-19(23)14-8-5-9-14)12-20-18(22)13-6-4-7-13/h2-3,10-11,13-14,16H,4-9,12H2,1H3,(H,20,22)(H,21,23)/t16-/m0/s1. The van der Waals surface area contributed by atoms with E-state index >= 15 is 0 Å². The van der Waals surface area contributed by atoms with Crippen molar-refractivity contribution in [3.05, 3.63) is 29.8 Å². The minimum atomic E-state index is -0.265. The predicted octanol–water partition coefficient (Wildman–Crippen LogP) is 2.57. The first-order chi connectivity index (χ1) is 11.7. The molecule has 5 heteroatoms. The fraction of sp³-hybridized carbons (Fsp3) is 0.579. The minimum Gasteiger partial charge on any atom is -0.496 e. The van der Waals surface area contributed by atoms with Crippen LogP contribution in [0.15, 0.2) is 24.3 Å². The van der Waals surface area contributed by atoms with Gasteiger partial charge in [0.1, 0.15) is 5.75 Å². The van der Waals surface area contributed by atoms with Gasteiger partial charge >= 0.3 is 0 Å². The Hall–Kier alpha value is -2.04. The molecule has 24 heavy (non-hydrogen) atoms. The molecular weight excluding hydrogens is 304 g/mol. The molecule has 0 aromatic heterocycles. The third kappa shape index (κ3) is 3.71. The molecule has 0 radical (unpaired) electrons. The number of carbonyl (C=O) groups is 2. The smallest absolute Gasteiger partial charge is 0.223 e. The van der Waals surface area contributed by atoms with E-state index in [0.717, 1.165) is 49.8 Å². The Kier molecular flexibility index (Phi) is 5.38. The predicted molar refractivity (Wildman–Crippen MR) is 91.6 cm³/mol. The third-order valence-corrected chi connectivity index (χ3v) is 5.26. The molecule has 2 amide bonds. The Morgan fingerprint density at radius 2 is 1.71 bits per heavy atom. The van der Waals surface area contributed by atoms with Crippen molar-refractivity contribution >= 4 is 11.8 Å². The van der Waals surface area contributed by atoms with E-state index in [4.69, 9.17) is 4.74 Å². The van der Waals surface area contributed by atoms with Crippen LogP contribution in [0.2, 0.25) is 0 Å². The monoisotopic (exact) mass is 330 g/mol. The van der Waals surface area contributed by atoms with Crippen LogP contribution in [0, 0.1) is 11.8 Å². The number of nitrogens with one attached hydrogen (secondary N) is 2. The third-order valence-electron chi connectivity index (χ3n) is 5.26. The summed E-state index contributed by atoms with van der Waals surface area (Å²) in [5.41, 5.74) is 0.904. The van der Waals surface area contributed by atoms with Gasteiger partial charge in [0, 0.05) is 23.9 Å². The van der Waals surface area contributed by atoms with Gasteiger partial charge in [-0.05, 0) is 31.7 Å². The lowest BCUT2D eigenvalue weighted by Gasteiger charge is -2.29. The van der Waals surface area contributed by atoms with Crippen molar-refractivity contribution in [2.75, 3.05) is 13.7 Å². The Labute approximate surface area is 143 Å². The van der Waals surface area contributed by atoms with Crippen molar-refractivity contribution < 1.29 is 14.3 Å². The largest absolute Gasteiger partial charge is 0.496 e. The maximum Gasteiger partial charge on any atom is 0.223 e. The normalized spacial score (nSPS) is 18.9. The van der Waals surface area contributed by atoms with Crippen molar-refractivity contribution in [2.45, 2.75) is 44.6 Å². The zero-order valence-corrected chi connectivity index (χ0v) is 14.2. The van der Waals surface area contributed by atoms with Crippen LogP contribution in [0.1, 0.15) is 50.1 Å². The average Bonchev–Trinajstić information content (AvgIpc) is 2.48. The molecule has 1 aromatic rings. The van der Waals surface area contributed by atoms with Crippen LogP contribution in [-0.2, 0) is 9.59 Å². The molecule has 2 saturated carbocycles. The zero-order chi connectivity index (χ0) is 16.9. The summed E-state index contributed by atoms with van der Waals surface area (Å²) < 4.78 is 5.43. The van der Waals surface area contributed by atoms with Gasteiger partial charge in [0.2, 0.25) is 11.8 Å². The maximum atomic E-state index is 12.4. The second-order valence-corrected chi connectivity index (χ2v) is 6.80. The summed E-state index contributed by atoms with van der Waals surface area (Å²) in [6, 6.07) is 7.39. The van der Waals surface area contributed by atoms with E-state index in [2.05, 4.69) is 10.6 Å². The molecule has 130 valence electrons. The zero-order valence-electron chi connectivity index (χ0n) is 14.2. The van der Waals surface area contributed by atoms with Crippen LogP contribution >= 0.6 is 0 Å². The molecule has 0 unspecified atom stereocenters. The van der Waals surface area contributed by atoms with E-state index in [9.17, 15) is 9.59 Å². The highest BCUT2D eigenvalue weighted by Gasteiger charge is 2.30. The summed E-state index contributed by atoms with van der Waals surface area (Å²) >= 11 is 0. The number of hydrogen-bond acceptors (Lipinski definition) is 3. The van der Waals surface area contributed by atoms with Crippen molar-refractivity contribution in [1.82, 2.24) is 10.6 Å². The summed E-state index contributed by atoms with van der Waals surface area (Å²) in [4.78, 5) is 24.5. The van der Waals surface area contributed by atoms with E-state index < -0.39 is 0 Å². The van der Waals surface area contributed by atoms with Gasteiger partial charge in [0.25, 0.3) is 0 Å². The molecule has 2 aliphatic carbocycles. The minimum absolute atomic E-state index is 0.0787. The van der Waals surface area contributed by atoms with Crippen LogP contribution in [0.5, 0.6) is 5.75 Å². The fourth-order valence-electron chi connectivity index (χ4n) is 3.17. The molecule has 0 spiro atoms. The SMILES string of the molecule is COc1ccccc1[C@H](CNC(=O)C1CCC1)NC(=O)C1CCC1. The second-order valence-electron chi connectivity index (χ2n) is 6.80. The highest BCUT2D eigenvalue weighted by molar-refractivity contribution is 5.81. The van der Waals surface area contributed by atoms with Crippen LogP contribution in [0.25, 0.3) is 0 Å². The molecule has 1 aromatic carbocycles. The van der Waals surface area contributed by atoms with Gasteiger partial charge in [0.15, 0.2) is 0 Å². The summed E-state index contributed by atoms with van der Waals surface area (Å²) in [5, 5.41) is 6.11. The number of methoxy groups -OCH3 is 1. The molecule has 2 N–H and O–H groups in total. The highest BCUT2D eigenvalue weighted by atomic mass is 16.5. The highest BCUT2D eigenvalue weighted by Crippen LogP contribution is 2.30. The molecule has 1 atom stereocenters. The van der Waals surface area contributed by atoms with E-state index in [0.29, 0.717) is 6.54 Å².